The molecule has 0 unspecified atom stereocenters. The predicted molar refractivity (Wildman–Crippen MR) is 89.4 cm³/mol. The molecule has 0 aliphatic carbocycles. The van der Waals surface area contributed by atoms with Gasteiger partial charge in [-0.2, -0.15) is 0 Å². The number of rotatable bonds is 6. The summed E-state index contributed by atoms with van der Waals surface area (Å²) in [5.41, 5.74) is 1.16. The topological polar surface area (TPSA) is 29.1 Å². The molecule has 0 saturated carbocycles. The minimum absolute atomic E-state index is 0.0810. The minimum Gasteiger partial charge on any atom is -0.348 e. The summed E-state index contributed by atoms with van der Waals surface area (Å²) in [6.07, 6.45) is 0.887. The minimum atomic E-state index is -0.106. The van der Waals surface area contributed by atoms with Crippen molar-refractivity contribution in [2.24, 2.45) is 0 Å². The fourth-order valence-corrected chi connectivity index (χ4v) is 3.05. The van der Waals surface area contributed by atoms with E-state index >= 15 is 0 Å². The van der Waals surface area contributed by atoms with E-state index < -0.39 is 0 Å². The Hall–Kier alpha value is -1.74. The largest absolute Gasteiger partial charge is 0.348 e. The lowest BCUT2D eigenvalue weighted by Gasteiger charge is -2.20. The summed E-state index contributed by atoms with van der Waals surface area (Å²) in [6.45, 7) is 4.04. The third kappa shape index (κ3) is 4.64. The molecular formula is C18H21NOS. The Morgan fingerprint density at radius 2 is 1.62 bits per heavy atom. The molecule has 0 fully saturated rings. The Morgan fingerprint density at radius 3 is 2.19 bits per heavy atom. The molecule has 1 N–H and O–H groups in total. The summed E-state index contributed by atoms with van der Waals surface area (Å²) in [5.74, 6) is 0.0829. The lowest BCUT2D eigenvalue weighted by molar-refractivity contribution is -0.121. The second-order valence-corrected chi connectivity index (χ2v) is 6.37. The molecule has 2 nitrogen and oxygen atoms in total. The highest BCUT2D eigenvalue weighted by Crippen LogP contribution is 2.24. The van der Waals surface area contributed by atoms with E-state index in [4.69, 9.17) is 0 Å². The number of carbonyl (C=O) groups is 1. The molecule has 2 atom stereocenters. The second kappa shape index (κ2) is 7.89. The summed E-state index contributed by atoms with van der Waals surface area (Å²) < 4.78 is 0. The van der Waals surface area contributed by atoms with Gasteiger partial charge in [-0.05, 0) is 31.0 Å². The molecule has 110 valence electrons. The monoisotopic (exact) mass is 299 g/mol. The summed E-state index contributed by atoms with van der Waals surface area (Å²) in [5, 5.41) is 3.04. The smallest absolute Gasteiger partial charge is 0.233 e. The Kier molecular flexibility index (Phi) is 5.88. The maximum Gasteiger partial charge on any atom is 0.233 e. The normalized spacial score (nSPS) is 13.4. The van der Waals surface area contributed by atoms with Gasteiger partial charge in [0.2, 0.25) is 5.91 Å². The third-order valence-electron chi connectivity index (χ3n) is 3.35. The van der Waals surface area contributed by atoms with Crippen molar-refractivity contribution in [1.82, 2.24) is 5.32 Å². The van der Waals surface area contributed by atoms with Crippen LogP contribution in [0.1, 0.15) is 31.9 Å². The molecule has 2 aromatic carbocycles. The zero-order valence-corrected chi connectivity index (χ0v) is 13.3. The highest BCUT2D eigenvalue weighted by Gasteiger charge is 2.18. The first-order chi connectivity index (χ1) is 10.2. The Balaban J connectivity index is 1.96. The zero-order chi connectivity index (χ0) is 15.1. The van der Waals surface area contributed by atoms with E-state index in [-0.39, 0.29) is 17.2 Å². The van der Waals surface area contributed by atoms with Crippen LogP contribution in [0.3, 0.4) is 0 Å². The molecule has 0 aliphatic heterocycles. The Labute approximate surface area is 131 Å². The molecule has 1 amide bonds. The van der Waals surface area contributed by atoms with Gasteiger partial charge < -0.3 is 5.32 Å². The van der Waals surface area contributed by atoms with Gasteiger partial charge in [0, 0.05) is 4.90 Å². The molecule has 3 heteroatoms. The van der Waals surface area contributed by atoms with Crippen LogP contribution in [0, 0.1) is 0 Å². The Bertz CT molecular complexity index is 556. The number of hydrogen-bond acceptors (Lipinski definition) is 2. The third-order valence-corrected chi connectivity index (χ3v) is 4.46. The van der Waals surface area contributed by atoms with Gasteiger partial charge in [0.1, 0.15) is 0 Å². The van der Waals surface area contributed by atoms with Crippen LogP contribution >= 0.6 is 11.8 Å². The van der Waals surface area contributed by atoms with Gasteiger partial charge in [-0.25, -0.2) is 0 Å². The van der Waals surface area contributed by atoms with Crippen LogP contribution in [-0.2, 0) is 4.79 Å². The summed E-state index contributed by atoms with van der Waals surface area (Å²) in [7, 11) is 0. The molecular weight excluding hydrogens is 278 g/mol. The second-order valence-electron chi connectivity index (χ2n) is 4.95. The van der Waals surface area contributed by atoms with Crippen molar-refractivity contribution in [3.63, 3.8) is 0 Å². The van der Waals surface area contributed by atoms with E-state index in [0.717, 1.165) is 16.9 Å². The number of amides is 1. The first kappa shape index (κ1) is 15.6. The van der Waals surface area contributed by atoms with E-state index in [0.29, 0.717) is 0 Å². The summed E-state index contributed by atoms with van der Waals surface area (Å²) in [6, 6.07) is 20.2. The molecule has 0 bridgehead atoms. The number of hydrogen-bond donors (Lipinski definition) is 1. The number of benzene rings is 2. The standard InChI is InChI=1S/C18H21NOS/c1-3-17(15-10-6-4-7-11-15)19-18(20)14(2)21-16-12-8-5-9-13-16/h4-14,17H,3H2,1-2H3,(H,19,20)/t14-,17+/m0/s1. The van der Waals surface area contributed by atoms with E-state index in [1.165, 1.54) is 0 Å². The average molecular weight is 299 g/mol. The van der Waals surface area contributed by atoms with Crippen LogP contribution in [0.25, 0.3) is 0 Å². The molecule has 0 aliphatic rings. The van der Waals surface area contributed by atoms with Crippen LogP contribution in [-0.4, -0.2) is 11.2 Å². The molecule has 21 heavy (non-hydrogen) atoms. The SMILES string of the molecule is CC[C@@H](NC(=O)[C@H](C)Sc1ccccc1)c1ccccc1. The van der Waals surface area contributed by atoms with Crippen molar-refractivity contribution in [3.05, 3.63) is 66.2 Å². The van der Waals surface area contributed by atoms with Gasteiger partial charge in [-0.1, -0.05) is 55.5 Å². The molecule has 0 aromatic heterocycles. The molecule has 0 saturated heterocycles. The van der Waals surface area contributed by atoms with E-state index in [1.54, 1.807) is 11.8 Å². The maximum atomic E-state index is 12.4. The van der Waals surface area contributed by atoms with Crippen LogP contribution in [0.15, 0.2) is 65.6 Å². The van der Waals surface area contributed by atoms with E-state index in [2.05, 4.69) is 24.4 Å². The van der Waals surface area contributed by atoms with Crippen molar-refractivity contribution < 1.29 is 4.79 Å². The van der Waals surface area contributed by atoms with Crippen LogP contribution in [0.4, 0.5) is 0 Å². The molecule has 0 heterocycles. The van der Waals surface area contributed by atoms with Crippen molar-refractivity contribution in [2.75, 3.05) is 0 Å². The van der Waals surface area contributed by atoms with Gasteiger partial charge in [0.15, 0.2) is 0 Å². The predicted octanol–water partition coefficient (Wildman–Crippen LogP) is 4.43. The fraction of sp³-hybridized carbons (Fsp3) is 0.278. The number of carbonyl (C=O) groups excluding carboxylic acids is 1. The van der Waals surface area contributed by atoms with Crippen molar-refractivity contribution in [1.29, 1.82) is 0 Å². The van der Waals surface area contributed by atoms with Crippen LogP contribution < -0.4 is 5.32 Å². The molecule has 0 radical (unpaired) electrons. The van der Waals surface area contributed by atoms with Gasteiger partial charge in [0.05, 0.1) is 11.3 Å². The van der Waals surface area contributed by atoms with Crippen molar-refractivity contribution in [3.8, 4) is 0 Å². The van der Waals surface area contributed by atoms with Crippen molar-refractivity contribution in [2.45, 2.75) is 36.5 Å². The molecule has 2 aromatic rings. The zero-order valence-electron chi connectivity index (χ0n) is 12.5. The van der Waals surface area contributed by atoms with E-state index in [9.17, 15) is 4.79 Å². The van der Waals surface area contributed by atoms with Gasteiger partial charge in [-0.15, -0.1) is 11.8 Å². The Morgan fingerprint density at radius 1 is 1.05 bits per heavy atom. The van der Waals surface area contributed by atoms with Crippen LogP contribution in [0.5, 0.6) is 0 Å². The summed E-state index contributed by atoms with van der Waals surface area (Å²) in [4.78, 5) is 13.5. The molecule has 0 spiro atoms. The lowest BCUT2D eigenvalue weighted by Crippen LogP contribution is -2.34. The van der Waals surface area contributed by atoms with Gasteiger partial charge >= 0.3 is 0 Å². The highest BCUT2D eigenvalue weighted by molar-refractivity contribution is 8.00. The summed E-state index contributed by atoms with van der Waals surface area (Å²) >= 11 is 1.59. The highest BCUT2D eigenvalue weighted by atomic mass is 32.2. The van der Waals surface area contributed by atoms with Gasteiger partial charge in [-0.3, -0.25) is 4.79 Å². The first-order valence-electron chi connectivity index (χ1n) is 7.27. The maximum absolute atomic E-state index is 12.4. The van der Waals surface area contributed by atoms with Crippen LogP contribution in [0.2, 0.25) is 0 Å². The van der Waals surface area contributed by atoms with Crippen molar-refractivity contribution >= 4 is 17.7 Å². The quantitative estimate of drug-likeness (QED) is 0.799. The lowest BCUT2D eigenvalue weighted by atomic mass is 10.0. The average Bonchev–Trinajstić information content (AvgIpc) is 2.54. The van der Waals surface area contributed by atoms with E-state index in [1.807, 2.05) is 55.5 Å². The molecule has 2 rings (SSSR count). The fourth-order valence-electron chi connectivity index (χ4n) is 2.15. The first-order valence-corrected chi connectivity index (χ1v) is 8.15. The number of nitrogens with one attached hydrogen (secondary N) is 1. The van der Waals surface area contributed by atoms with Gasteiger partial charge in [0.25, 0.3) is 0 Å². The number of thioether (sulfide) groups is 1.